The van der Waals surface area contributed by atoms with E-state index in [1.165, 1.54) is 18.2 Å². The van der Waals surface area contributed by atoms with E-state index in [0.29, 0.717) is 35.4 Å². The van der Waals surface area contributed by atoms with Crippen LogP contribution < -0.4 is 20.3 Å². The number of hydrogen-bond donors (Lipinski definition) is 2. The van der Waals surface area contributed by atoms with Gasteiger partial charge < -0.3 is 29.7 Å². The number of nitrogens with zero attached hydrogens (tertiary/aromatic N) is 5. The molecule has 0 saturated carbocycles. The molecule has 0 aliphatic carbocycles. The molecule has 9 nitrogen and oxygen atoms in total. The first-order chi connectivity index (χ1) is 18.7. The van der Waals surface area contributed by atoms with Crippen molar-refractivity contribution in [2.75, 3.05) is 56.4 Å². The minimum Gasteiger partial charge on any atom is -0.492 e. The Bertz CT molecular complexity index is 1500. The van der Waals surface area contributed by atoms with Crippen molar-refractivity contribution in [2.45, 2.75) is 6.92 Å². The van der Waals surface area contributed by atoms with Crippen molar-refractivity contribution < 1.29 is 13.9 Å². The molecule has 204 valence electrons. The highest BCUT2D eigenvalue weighted by molar-refractivity contribution is 6.02. The van der Waals surface area contributed by atoms with E-state index in [1.807, 2.05) is 51.9 Å². The smallest absolute Gasteiger partial charge is 0.247 e. The summed E-state index contributed by atoms with van der Waals surface area (Å²) in [6.45, 7) is 7.49. The van der Waals surface area contributed by atoms with E-state index < -0.39 is 0 Å². The normalized spacial score (nSPS) is 11.1. The van der Waals surface area contributed by atoms with Crippen molar-refractivity contribution in [3.8, 4) is 17.0 Å². The first kappa shape index (κ1) is 27.6. The maximum atomic E-state index is 14.0. The maximum absolute atomic E-state index is 14.0. The number of fused-ring (bicyclic) bond motifs is 1. The molecule has 39 heavy (non-hydrogen) atoms. The second-order valence-corrected chi connectivity index (χ2v) is 9.42. The number of aromatic nitrogens is 3. The quantitative estimate of drug-likeness (QED) is 0.262. The summed E-state index contributed by atoms with van der Waals surface area (Å²) in [6.07, 6.45) is 4.79. The molecule has 2 aromatic heterocycles. The number of nitrogens with one attached hydrogen (secondary N) is 2. The van der Waals surface area contributed by atoms with Gasteiger partial charge in [0.2, 0.25) is 11.9 Å². The van der Waals surface area contributed by atoms with E-state index in [-0.39, 0.29) is 11.7 Å². The van der Waals surface area contributed by atoms with Gasteiger partial charge in [-0.2, -0.15) is 0 Å². The molecule has 4 aromatic rings. The van der Waals surface area contributed by atoms with Crippen LogP contribution in [0.15, 0.2) is 61.4 Å². The number of hydrogen-bond acceptors (Lipinski definition) is 7. The molecule has 2 heterocycles. The van der Waals surface area contributed by atoms with Crippen molar-refractivity contribution in [1.82, 2.24) is 19.4 Å². The zero-order valence-corrected chi connectivity index (χ0v) is 23.0. The summed E-state index contributed by atoms with van der Waals surface area (Å²) in [5.41, 5.74) is 4.30. The molecule has 1 amide bonds. The minimum absolute atomic E-state index is 0.312. The van der Waals surface area contributed by atoms with E-state index in [9.17, 15) is 9.18 Å². The highest BCUT2D eigenvalue weighted by Gasteiger charge is 2.18. The van der Waals surface area contributed by atoms with Crippen LogP contribution in [-0.2, 0) is 11.8 Å². The van der Waals surface area contributed by atoms with Gasteiger partial charge in [0.1, 0.15) is 11.6 Å². The summed E-state index contributed by atoms with van der Waals surface area (Å²) < 4.78 is 22.0. The number of ether oxygens (including phenoxy) is 1. The molecule has 0 saturated heterocycles. The Labute approximate surface area is 227 Å². The van der Waals surface area contributed by atoms with Gasteiger partial charge in [-0.25, -0.2) is 14.4 Å². The number of benzene rings is 2. The van der Waals surface area contributed by atoms with Gasteiger partial charge in [-0.1, -0.05) is 6.58 Å². The number of aryl methyl sites for hydroxylation is 1. The maximum Gasteiger partial charge on any atom is 0.247 e. The Morgan fingerprint density at radius 3 is 2.67 bits per heavy atom. The summed E-state index contributed by atoms with van der Waals surface area (Å²) in [4.78, 5) is 25.5. The van der Waals surface area contributed by atoms with Gasteiger partial charge >= 0.3 is 0 Å². The van der Waals surface area contributed by atoms with E-state index in [4.69, 9.17) is 9.72 Å². The molecule has 0 atom stereocenters. The number of likely N-dealkylation sites (N-methyl/N-ethyl adjacent to an activating group) is 2. The molecule has 0 spiro atoms. The van der Waals surface area contributed by atoms with Crippen LogP contribution in [0.25, 0.3) is 22.2 Å². The predicted octanol–water partition coefficient (Wildman–Crippen LogP) is 5.04. The fraction of sp³-hybridized carbons (Fsp3) is 0.276. The molecular weight excluding hydrogens is 497 g/mol. The Hall–Kier alpha value is -4.44. The Morgan fingerprint density at radius 2 is 1.95 bits per heavy atom. The van der Waals surface area contributed by atoms with Gasteiger partial charge in [0.05, 0.1) is 29.4 Å². The summed E-state index contributed by atoms with van der Waals surface area (Å²) in [6, 6.07) is 10.2. The van der Waals surface area contributed by atoms with Crippen molar-refractivity contribution in [2.24, 2.45) is 7.05 Å². The fourth-order valence-corrected chi connectivity index (χ4v) is 4.27. The number of carbonyl (C=O) groups excluding carboxylic acids is 1. The number of anilines is 4. The van der Waals surface area contributed by atoms with Crippen LogP contribution in [0.5, 0.6) is 5.75 Å². The Kier molecular flexibility index (Phi) is 8.46. The zero-order valence-electron chi connectivity index (χ0n) is 23.0. The third kappa shape index (κ3) is 6.35. The molecule has 0 fully saturated rings. The summed E-state index contributed by atoms with van der Waals surface area (Å²) in [7, 11) is 7.89. The molecule has 2 N–H and O–H groups in total. The lowest BCUT2D eigenvalue weighted by molar-refractivity contribution is -0.111. The van der Waals surface area contributed by atoms with Crippen LogP contribution in [0.3, 0.4) is 0 Å². The second kappa shape index (κ2) is 12.0. The molecule has 0 aliphatic rings. The summed E-state index contributed by atoms with van der Waals surface area (Å²) in [5, 5.41) is 6.91. The topological polar surface area (TPSA) is 87.5 Å². The third-order valence-corrected chi connectivity index (χ3v) is 6.26. The van der Waals surface area contributed by atoms with Gasteiger partial charge in [0.25, 0.3) is 0 Å². The van der Waals surface area contributed by atoms with Crippen molar-refractivity contribution in [1.29, 1.82) is 0 Å². The lowest BCUT2D eigenvalue weighted by Gasteiger charge is -2.26. The van der Waals surface area contributed by atoms with Gasteiger partial charge in [0.15, 0.2) is 0 Å². The molecule has 2 aromatic carbocycles. The second-order valence-electron chi connectivity index (χ2n) is 9.42. The lowest BCUT2D eigenvalue weighted by Crippen LogP contribution is -2.29. The minimum atomic E-state index is -0.325. The van der Waals surface area contributed by atoms with Gasteiger partial charge in [-0.3, -0.25) is 4.79 Å². The zero-order chi connectivity index (χ0) is 28.1. The Morgan fingerprint density at radius 1 is 1.15 bits per heavy atom. The van der Waals surface area contributed by atoms with E-state index in [1.54, 1.807) is 24.4 Å². The van der Waals surface area contributed by atoms with E-state index in [2.05, 4.69) is 32.0 Å². The fourth-order valence-electron chi connectivity index (χ4n) is 4.27. The van der Waals surface area contributed by atoms with Crippen LogP contribution in [0.1, 0.15) is 6.92 Å². The van der Waals surface area contributed by atoms with Crippen molar-refractivity contribution in [3.63, 3.8) is 0 Å². The van der Waals surface area contributed by atoms with Crippen molar-refractivity contribution >= 4 is 39.8 Å². The average molecular weight is 532 g/mol. The molecule has 10 heteroatoms. The van der Waals surface area contributed by atoms with E-state index >= 15 is 0 Å². The number of rotatable bonds is 11. The van der Waals surface area contributed by atoms with Crippen LogP contribution in [0.4, 0.5) is 27.4 Å². The number of carbonyl (C=O) groups is 1. The van der Waals surface area contributed by atoms with Gasteiger partial charge in [0, 0.05) is 62.1 Å². The molecule has 0 radical (unpaired) electrons. The van der Waals surface area contributed by atoms with Crippen LogP contribution in [0, 0.1) is 5.82 Å². The molecule has 4 rings (SSSR count). The monoisotopic (exact) mass is 531 g/mol. The molecule has 0 unspecified atom stereocenters. The average Bonchev–Trinajstić information content (AvgIpc) is 3.24. The standard InChI is InChI=1S/C29H34FN7O2/c1-7-28(38)32-23-16-24(27(39-8-2)17-26(23)36(5)14-13-35(3)4)34-29-31-12-11-22(33-29)21-18-37(6)25-10-9-19(30)15-20(21)25/h7,9-12,15-18H,1,8,13-14H2,2-6H3,(H,32,38)(H,31,33,34). The first-order valence-electron chi connectivity index (χ1n) is 12.6. The molecule has 0 aliphatic heterocycles. The van der Waals surface area contributed by atoms with Crippen LogP contribution in [-0.4, -0.2) is 66.2 Å². The van der Waals surface area contributed by atoms with Gasteiger partial charge in [-0.05, 0) is 57.4 Å². The highest BCUT2D eigenvalue weighted by atomic mass is 19.1. The lowest BCUT2D eigenvalue weighted by atomic mass is 10.1. The summed E-state index contributed by atoms with van der Waals surface area (Å²) >= 11 is 0. The summed E-state index contributed by atoms with van der Waals surface area (Å²) in [5.74, 6) is 0.279. The Balaban J connectivity index is 1.74. The van der Waals surface area contributed by atoms with Crippen LogP contribution in [0.2, 0.25) is 0 Å². The highest BCUT2D eigenvalue weighted by Crippen LogP contribution is 2.38. The third-order valence-electron chi connectivity index (χ3n) is 6.26. The van der Waals surface area contributed by atoms with E-state index in [0.717, 1.165) is 35.2 Å². The largest absolute Gasteiger partial charge is 0.492 e. The predicted molar refractivity (Wildman–Crippen MR) is 155 cm³/mol. The molecular formula is C29H34FN7O2. The van der Waals surface area contributed by atoms with Crippen LogP contribution >= 0.6 is 0 Å². The molecule has 0 bridgehead atoms. The van der Waals surface area contributed by atoms with Crippen molar-refractivity contribution in [3.05, 3.63) is 67.3 Å². The first-order valence-corrected chi connectivity index (χ1v) is 12.6. The number of halogens is 1. The SMILES string of the molecule is C=CC(=O)Nc1cc(Nc2nccc(-c3cn(C)c4ccc(F)cc34)n2)c(OCC)cc1N(C)CCN(C)C. The van der Waals surface area contributed by atoms with Gasteiger partial charge in [-0.15, -0.1) is 0 Å². The number of amides is 1.